The lowest BCUT2D eigenvalue weighted by Gasteiger charge is -2.19. The number of aromatic nitrogens is 1. The van der Waals surface area contributed by atoms with Crippen molar-refractivity contribution in [2.24, 2.45) is 0 Å². The number of alkyl halides is 2. The molecule has 0 bridgehead atoms. The van der Waals surface area contributed by atoms with Gasteiger partial charge >= 0.3 is 5.92 Å². The van der Waals surface area contributed by atoms with Gasteiger partial charge in [-0.15, -0.1) is 12.4 Å². The van der Waals surface area contributed by atoms with E-state index in [1.807, 2.05) is 0 Å². The molecule has 0 aliphatic carbocycles. The molecular formula is C16H17ClF2N2. The van der Waals surface area contributed by atoms with Crippen LogP contribution in [0.3, 0.4) is 0 Å². The van der Waals surface area contributed by atoms with Crippen molar-refractivity contribution in [1.29, 1.82) is 0 Å². The minimum Gasteiger partial charge on any atom is -0.384 e. The molecule has 0 unspecified atom stereocenters. The Morgan fingerprint density at radius 3 is 2.52 bits per heavy atom. The molecule has 0 fully saturated rings. The first-order chi connectivity index (χ1) is 9.41. The Balaban J connectivity index is 0.00000161. The van der Waals surface area contributed by atoms with Gasteiger partial charge in [-0.1, -0.05) is 44.2 Å². The molecule has 0 saturated heterocycles. The molecule has 0 spiro atoms. The predicted molar refractivity (Wildman–Crippen MR) is 82.4 cm³/mol. The number of rotatable bonds is 2. The fourth-order valence-corrected chi connectivity index (χ4v) is 2.52. The maximum absolute atomic E-state index is 14.5. The van der Waals surface area contributed by atoms with Crippen LogP contribution in [-0.4, -0.2) is 11.5 Å². The Kier molecular flexibility index (Phi) is 3.93. The monoisotopic (exact) mass is 310 g/mol. The molecular weight excluding hydrogens is 294 g/mol. The smallest absolute Gasteiger partial charge is 0.314 e. The van der Waals surface area contributed by atoms with E-state index in [-0.39, 0.29) is 29.1 Å². The van der Waals surface area contributed by atoms with Crippen LogP contribution in [0.5, 0.6) is 0 Å². The molecule has 2 aromatic rings. The Morgan fingerprint density at radius 2 is 1.86 bits per heavy atom. The third-order valence-corrected chi connectivity index (χ3v) is 3.81. The van der Waals surface area contributed by atoms with Gasteiger partial charge in [-0.2, -0.15) is 8.78 Å². The minimum absolute atomic E-state index is 0. The van der Waals surface area contributed by atoms with Gasteiger partial charge in [0, 0.05) is 35.0 Å². The minimum atomic E-state index is -3.08. The van der Waals surface area contributed by atoms with E-state index in [0.717, 1.165) is 17.8 Å². The number of benzene rings is 1. The molecule has 1 aromatic heterocycles. The number of fused-ring (bicyclic) bond motifs is 1. The second-order valence-corrected chi connectivity index (χ2v) is 5.79. The van der Waals surface area contributed by atoms with Gasteiger partial charge in [0.25, 0.3) is 0 Å². The van der Waals surface area contributed by atoms with Gasteiger partial charge in [0.2, 0.25) is 0 Å². The summed E-state index contributed by atoms with van der Waals surface area (Å²) in [4.78, 5) is 4.00. The Hall–Kier alpha value is -1.68. The van der Waals surface area contributed by atoms with Gasteiger partial charge in [0.15, 0.2) is 0 Å². The largest absolute Gasteiger partial charge is 0.384 e. The molecule has 0 radical (unpaired) electrons. The van der Waals surface area contributed by atoms with Crippen LogP contribution >= 0.6 is 12.4 Å². The summed E-state index contributed by atoms with van der Waals surface area (Å²) in [5.74, 6) is -3.08. The van der Waals surface area contributed by atoms with Gasteiger partial charge in [0.05, 0.1) is 0 Å². The highest BCUT2D eigenvalue weighted by molar-refractivity contribution is 5.85. The van der Waals surface area contributed by atoms with Crippen LogP contribution in [0.1, 0.15) is 30.7 Å². The SMILES string of the molecule is CC1(C)CNc2cc(C(F)(F)c3ccccc3)ncc21.Cl. The van der Waals surface area contributed by atoms with E-state index in [2.05, 4.69) is 24.1 Å². The third-order valence-electron chi connectivity index (χ3n) is 3.81. The number of nitrogens with zero attached hydrogens (tertiary/aromatic N) is 1. The molecule has 0 saturated carbocycles. The van der Waals surface area contributed by atoms with Crippen molar-refractivity contribution in [3.05, 3.63) is 59.4 Å². The zero-order chi connectivity index (χ0) is 14.4. The summed E-state index contributed by atoms with van der Waals surface area (Å²) in [6.45, 7) is 4.88. The molecule has 1 N–H and O–H groups in total. The summed E-state index contributed by atoms with van der Waals surface area (Å²) in [5.41, 5.74) is 1.43. The van der Waals surface area contributed by atoms with Crippen LogP contribution < -0.4 is 5.32 Å². The summed E-state index contributed by atoms with van der Waals surface area (Å²) >= 11 is 0. The molecule has 21 heavy (non-hydrogen) atoms. The van der Waals surface area contributed by atoms with Crippen molar-refractivity contribution < 1.29 is 8.78 Å². The van der Waals surface area contributed by atoms with Crippen LogP contribution in [0.2, 0.25) is 0 Å². The highest BCUT2D eigenvalue weighted by Gasteiger charge is 2.38. The summed E-state index contributed by atoms with van der Waals surface area (Å²) in [5, 5.41) is 3.18. The predicted octanol–water partition coefficient (Wildman–Crippen LogP) is 4.35. The van der Waals surface area contributed by atoms with Gasteiger partial charge in [-0.25, -0.2) is 0 Å². The van der Waals surface area contributed by atoms with E-state index in [4.69, 9.17) is 0 Å². The lowest BCUT2D eigenvalue weighted by Crippen LogP contribution is -2.20. The van der Waals surface area contributed by atoms with Gasteiger partial charge < -0.3 is 5.32 Å². The van der Waals surface area contributed by atoms with Gasteiger partial charge in [0.1, 0.15) is 5.69 Å². The summed E-state index contributed by atoms with van der Waals surface area (Å²) in [7, 11) is 0. The lowest BCUT2D eigenvalue weighted by molar-refractivity contribution is 0.0380. The van der Waals surface area contributed by atoms with Crippen molar-refractivity contribution in [3.8, 4) is 0 Å². The zero-order valence-corrected chi connectivity index (χ0v) is 12.7. The Morgan fingerprint density at radius 1 is 1.19 bits per heavy atom. The van der Waals surface area contributed by atoms with Crippen LogP contribution in [0, 0.1) is 0 Å². The molecule has 5 heteroatoms. The number of halogens is 3. The van der Waals surface area contributed by atoms with Crippen LogP contribution in [0.25, 0.3) is 0 Å². The van der Waals surface area contributed by atoms with E-state index >= 15 is 0 Å². The van der Waals surface area contributed by atoms with Crippen LogP contribution in [0.15, 0.2) is 42.6 Å². The van der Waals surface area contributed by atoms with Gasteiger partial charge in [-0.05, 0) is 6.07 Å². The van der Waals surface area contributed by atoms with E-state index in [9.17, 15) is 8.78 Å². The third kappa shape index (κ3) is 2.60. The lowest BCUT2D eigenvalue weighted by atomic mass is 9.88. The summed E-state index contributed by atoms with van der Waals surface area (Å²) < 4.78 is 28.9. The first-order valence-corrected chi connectivity index (χ1v) is 6.59. The molecule has 2 heterocycles. The molecule has 1 aromatic carbocycles. The average Bonchev–Trinajstić information content (AvgIpc) is 2.75. The summed E-state index contributed by atoms with van der Waals surface area (Å²) in [6.07, 6.45) is 1.57. The normalized spacial score (nSPS) is 15.8. The second kappa shape index (κ2) is 5.26. The van der Waals surface area contributed by atoms with E-state index in [1.165, 1.54) is 18.2 Å². The molecule has 2 nitrogen and oxygen atoms in total. The van der Waals surface area contributed by atoms with Crippen LogP contribution in [0.4, 0.5) is 14.5 Å². The highest BCUT2D eigenvalue weighted by atomic mass is 35.5. The molecule has 0 atom stereocenters. The maximum atomic E-state index is 14.5. The molecule has 1 aliphatic rings. The molecule has 1 aliphatic heterocycles. The maximum Gasteiger partial charge on any atom is 0.314 e. The van der Waals surface area contributed by atoms with Crippen molar-refractivity contribution in [1.82, 2.24) is 4.98 Å². The molecule has 0 amide bonds. The van der Waals surface area contributed by atoms with Gasteiger partial charge in [-0.3, -0.25) is 4.98 Å². The number of hydrogen-bond donors (Lipinski definition) is 1. The van der Waals surface area contributed by atoms with Crippen molar-refractivity contribution in [2.75, 3.05) is 11.9 Å². The standard InChI is InChI=1S/C16H16F2N2.ClH/c1-15(2)10-20-13-8-14(19-9-12(13)15)16(17,18)11-6-4-3-5-7-11;/h3-9,20H,10H2,1-2H3;1H. The fourth-order valence-electron chi connectivity index (χ4n) is 2.52. The van der Waals surface area contributed by atoms with Crippen LogP contribution in [-0.2, 0) is 11.3 Å². The van der Waals surface area contributed by atoms with Crippen molar-refractivity contribution in [2.45, 2.75) is 25.2 Å². The Labute approximate surface area is 129 Å². The van der Waals surface area contributed by atoms with E-state index in [0.29, 0.717) is 0 Å². The van der Waals surface area contributed by atoms with Crippen molar-refractivity contribution in [3.63, 3.8) is 0 Å². The average molecular weight is 311 g/mol. The van der Waals surface area contributed by atoms with E-state index < -0.39 is 5.92 Å². The highest BCUT2D eigenvalue weighted by Crippen LogP contribution is 2.40. The quantitative estimate of drug-likeness (QED) is 0.892. The first kappa shape index (κ1) is 15.7. The summed E-state index contributed by atoms with van der Waals surface area (Å²) in [6, 6.07) is 9.26. The number of anilines is 1. The molecule has 112 valence electrons. The van der Waals surface area contributed by atoms with E-state index in [1.54, 1.807) is 24.4 Å². The second-order valence-electron chi connectivity index (χ2n) is 5.79. The van der Waals surface area contributed by atoms with Crippen molar-refractivity contribution >= 4 is 18.1 Å². The topological polar surface area (TPSA) is 24.9 Å². The number of pyridine rings is 1. The zero-order valence-electron chi connectivity index (χ0n) is 11.9. The molecule has 3 rings (SSSR count). The number of nitrogens with one attached hydrogen (secondary N) is 1. The first-order valence-electron chi connectivity index (χ1n) is 6.59. The Bertz CT molecular complexity index is 642. The fraction of sp³-hybridized carbons (Fsp3) is 0.312. The number of hydrogen-bond acceptors (Lipinski definition) is 2.